The number of nitrogens with one attached hydrogen (secondary N) is 1. The van der Waals surface area contributed by atoms with Gasteiger partial charge >= 0.3 is 5.97 Å². The third-order valence-corrected chi connectivity index (χ3v) is 4.22. The number of carbonyl (C=O) groups is 2. The van der Waals surface area contributed by atoms with Gasteiger partial charge < -0.3 is 10.1 Å². The lowest BCUT2D eigenvalue weighted by molar-refractivity contribution is -0.142. The van der Waals surface area contributed by atoms with E-state index in [1.165, 1.54) is 32.1 Å². The highest BCUT2D eigenvalue weighted by atomic mass is 16.5. The van der Waals surface area contributed by atoms with Crippen LogP contribution in [-0.4, -0.2) is 25.0 Å². The van der Waals surface area contributed by atoms with Gasteiger partial charge in [0.2, 0.25) is 0 Å². The van der Waals surface area contributed by atoms with E-state index in [0.29, 0.717) is 18.1 Å². The van der Waals surface area contributed by atoms with E-state index in [9.17, 15) is 9.59 Å². The van der Waals surface area contributed by atoms with Gasteiger partial charge in [-0.15, -0.1) is 0 Å². The second-order valence-corrected chi connectivity index (χ2v) is 6.06. The van der Waals surface area contributed by atoms with Gasteiger partial charge in [-0.1, -0.05) is 77.5 Å². The molecule has 4 heteroatoms. The van der Waals surface area contributed by atoms with E-state index in [-0.39, 0.29) is 18.4 Å². The van der Waals surface area contributed by atoms with Gasteiger partial charge in [-0.05, 0) is 31.4 Å². The molecule has 0 aliphatic heterocycles. The van der Waals surface area contributed by atoms with E-state index in [0.717, 1.165) is 12.0 Å². The Hall–Kier alpha value is -1.84. The minimum absolute atomic E-state index is 0.0720. The Morgan fingerprint density at radius 2 is 1.58 bits per heavy atom. The number of hydrogen-bond acceptors (Lipinski definition) is 3. The predicted molar refractivity (Wildman–Crippen MR) is 108 cm³/mol. The van der Waals surface area contributed by atoms with Crippen molar-refractivity contribution >= 4 is 11.9 Å². The third-order valence-electron chi connectivity index (χ3n) is 4.22. The Morgan fingerprint density at radius 1 is 1.00 bits per heavy atom. The summed E-state index contributed by atoms with van der Waals surface area (Å²) in [7, 11) is 0. The van der Waals surface area contributed by atoms with E-state index >= 15 is 0 Å². The van der Waals surface area contributed by atoms with Crippen LogP contribution in [0.15, 0.2) is 24.3 Å². The van der Waals surface area contributed by atoms with Crippen LogP contribution < -0.4 is 5.32 Å². The normalized spacial score (nSPS) is 13.4. The molecule has 148 valence electrons. The molecule has 0 radical (unpaired) electrons. The smallest absolute Gasteiger partial charge is 0.325 e. The van der Waals surface area contributed by atoms with Gasteiger partial charge in [0.15, 0.2) is 0 Å². The molecule has 4 nitrogen and oxygen atoms in total. The summed E-state index contributed by atoms with van der Waals surface area (Å²) in [5.41, 5.74) is 1.65. The maximum Gasteiger partial charge on any atom is 0.325 e. The van der Waals surface area contributed by atoms with Crippen molar-refractivity contribution in [3.63, 3.8) is 0 Å². The largest absolute Gasteiger partial charge is 0.464 e. The van der Waals surface area contributed by atoms with Crippen molar-refractivity contribution in [3.05, 3.63) is 35.4 Å². The van der Waals surface area contributed by atoms with Crippen molar-refractivity contribution in [1.29, 1.82) is 0 Å². The molecule has 0 saturated heterocycles. The van der Waals surface area contributed by atoms with Crippen molar-refractivity contribution in [1.82, 2.24) is 5.32 Å². The molecule has 1 N–H and O–H groups in total. The Morgan fingerprint density at radius 3 is 2.15 bits per heavy atom. The molecule has 0 bridgehead atoms. The van der Waals surface area contributed by atoms with Gasteiger partial charge in [-0.2, -0.15) is 0 Å². The molecule has 1 fully saturated rings. The van der Waals surface area contributed by atoms with Crippen LogP contribution in [-0.2, 0) is 9.53 Å². The fourth-order valence-corrected chi connectivity index (χ4v) is 2.83. The Bertz CT molecular complexity index is 491. The van der Waals surface area contributed by atoms with Gasteiger partial charge in [0.05, 0.1) is 6.61 Å². The molecule has 1 aliphatic carbocycles. The molecule has 1 saturated carbocycles. The lowest BCUT2D eigenvalue weighted by atomic mass is 9.87. The summed E-state index contributed by atoms with van der Waals surface area (Å²) in [5, 5.41) is 2.59. The fourth-order valence-electron chi connectivity index (χ4n) is 2.83. The van der Waals surface area contributed by atoms with E-state index < -0.39 is 0 Å². The van der Waals surface area contributed by atoms with Crippen molar-refractivity contribution < 1.29 is 14.3 Å². The average Bonchev–Trinajstić information content (AvgIpc) is 2.70. The monoisotopic (exact) mass is 363 g/mol. The topological polar surface area (TPSA) is 55.4 Å². The number of esters is 1. The van der Waals surface area contributed by atoms with Crippen LogP contribution in [0.1, 0.15) is 82.1 Å². The third kappa shape index (κ3) is 10.2. The van der Waals surface area contributed by atoms with E-state index in [1.54, 1.807) is 12.1 Å². The van der Waals surface area contributed by atoms with E-state index in [2.05, 4.69) is 5.32 Å². The van der Waals surface area contributed by atoms with Gasteiger partial charge in [-0.25, -0.2) is 0 Å². The highest BCUT2D eigenvalue weighted by Crippen LogP contribution is 2.26. The van der Waals surface area contributed by atoms with Crippen molar-refractivity contribution in [2.75, 3.05) is 13.2 Å². The van der Waals surface area contributed by atoms with Crippen molar-refractivity contribution in [2.45, 2.75) is 73.1 Å². The predicted octanol–water partition coefficient (Wildman–Crippen LogP) is 5.29. The molecular formula is C22H37NO3. The van der Waals surface area contributed by atoms with E-state index in [1.807, 2.05) is 46.8 Å². The lowest BCUT2D eigenvalue weighted by Gasteiger charge is -2.21. The first-order valence-corrected chi connectivity index (χ1v) is 10.2. The van der Waals surface area contributed by atoms with Crippen LogP contribution in [0, 0.1) is 12.8 Å². The zero-order valence-electron chi connectivity index (χ0n) is 17.3. The second kappa shape index (κ2) is 15.4. The molecule has 26 heavy (non-hydrogen) atoms. The molecule has 0 unspecified atom stereocenters. The van der Waals surface area contributed by atoms with Gasteiger partial charge in [-0.3, -0.25) is 9.59 Å². The molecular weight excluding hydrogens is 326 g/mol. The molecule has 1 aliphatic rings. The van der Waals surface area contributed by atoms with Crippen LogP contribution in [0.2, 0.25) is 0 Å². The minimum atomic E-state index is -0.365. The quantitative estimate of drug-likeness (QED) is 0.699. The standard InChI is InChI=1S/C18H25NO3.2C2H6/c1-14-7-9-16(10-8-14)18(21)19-13-17(20)22-12-11-15-5-3-2-4-6-15;2*1-2/h7-10,15H,2-6,11-13H2,1H3,(H,19,21);2*1-2H3. The van der Waals surface area contributed by atoms with Gasteiger partial charge in [0, 0.05) is 5.56 Å². The van der Waals surface area contributed by atoms with Crippen LogP contribution in [0.25, 0.3) is 0 Å². The summed E-state index contributed by atoms with van der Waals surface area (Å²) < 4.78 is 5.20. The number of benzene rings is 1. The van der Waals surface area contributed by atoms with Crippen molar-refractivity contribution in [3.8, 4) is 0 Å². The molecule has 0 heterocycles. The number of hydrogen-bond donors (Lipinski definition) is 1. The summed E-state index contributed by atoms with van der Waals surface area (Å²) in [4.78, 5) is 23.5. The zero-order chi connectivity index (χ0) is 19.8. The Kier molecular flexibility index (Phi) is 14.3. The molecule has 0 aromatic heterocycles. The number of carbonyl (C=O) groups excluding carboxylic acids is 2. The highest BCUT2D eigenvalue weighted by Gasteiger charge is 2.14. The van der Waals surface area contributed by atoms with Crippen LogP contribution in [0.5, 0.6) is 0 Å². The molecule has 1 aromatic rings. The first kappa shape index (κ1) is 24.2. The Labute approximate surface area is 159 Å². The fraction of sp³-hybridized carbons (Fsp3) is 0.636. The van der Waals surface area contributed by atoms with Crippen LogP contribution in [0.4, 0.5) is 0 Å². The summed E-state index contributed by atoms with van der Waals surface area (Å²) in [6.45, 7) is 10.4. The summed E-state index contributed by atoms with van der Waals surface area (Å²) in [6.07, 6.45) is 7.37. The van der Waals surface area contributed by atoms with Crippen molar-refractivity contribution in [2.24, 2.45) is 5.92 Å². The molecule has 0 atom stereocenters. The number of rotatable bonds is 6. The molecule has 2 rings (SSSR count). The van der Waals surface area contributed by atoms with Gasteiger partial charge in [0.1, 0.15) is 6.54 Å². The highest BCUT2D eigenvalue weighted by molar-refractivity contribution is 5.95. The number of ether oxygens (including phenoxy) is 1. The van der Waals surface area contributed by atoms with Crippen LogP contribution in [0.3, 0.4) is 0 Å². The average molecular weight is 364 g/mol. The summed E-state index contributed by atoms with van der Waals surface area (Å²) >= 11 is 0. The molecule has 1 aromatic carbocycles. The summed E-state index contributed by atoms with van der Waals surface area (Å²) in [6, 6.07) is 7.24. The molecule has 1 amide bonds. The first-order valence-electron chi connectivity index (χ1n) is 10.2. The maximum atomic E-state index is 11.9. The van der Waals surface area contributed by atoms with E-state index in [4.69, 9.17) is 4.74 Å². The Balaban J connectivity index is 0.00000146. The number of aryl methyl sites for hydroxylation is 1. The SMILES string of the molecule is CC.CC.Cc1ccc(C(=O)NCC(=O)OCCC2CCCCC2)cc1. The van der Waals surface area contributed by atoms with Crippen LogP contribution >= 0.6 is 0 Å². The summed E-state index contributed by atoms with van der Waals surface area (Å²) in [5.74, 6) is 0.0872. The first-order chi connectivity index (χ1) is 12.6. The lowest BCUT2D eigenvalue weighted by Crippen LogP contribution is -2.31. The van der Waals surface area contributed by atoms with Gasteiger partial charge in [0.25, 0.3) is 5.91 Å². The zero-order valence-corrected chi connectivity index (χ0v) is 17.3. The number of amides is 1. The molecule has 0 spiro atoms. The minimum Gasteiger partial charge on any atom is -0.464 e. The second-order valence-electron chi connectivity index (χ2n) is 6.06. The maximum absolute atomic E-state index is 11.9.